The van der Waals surface area contributed by atoms with E-state index in [0.29, 0.717) is 37.2 Å². The number of hydroxylamine groups is 1. The summed E-state index contributed by atoms with van der Waals surface area (Å²) < 4.78 is 54.7. The zero-order chi connectivity index (χ0) is 70.6. The van der Waals surface area contributed by atoms with Crippen LogP contribution in [0.3, 0.4) is 0 Å². The van der Waals surface area contributed by atoms with Crippen molar-refractivity contribution in [3.05, 3.63) is 124 Å². The summed E-state index contributed by atoms with van der Waals surface area (Å²) in [5.74, 6) is -3.46. The Morgan fingerprint density at radius 2 is 1.02 bits per heavy atom. The van der Waals surface area contributed by atoms with Crippen molar-refractivity contribution in [2.75, 3.05) is 60.5 Å². The summed E-state index contributed by atoms with van der Waals surface area (Å²) in [4.78, 5) is 66.2. The highest BCUT2D eigenvalue weighted by Gasteiger charge is 2.75. The summed E-state index contributed by atoms with van der Waals surface area (Å²) in [6.45, 7) is 29.3. The number of rotatable bonds is 18. The molecule has 4 bridgehead atoms. The number of hydrogen-bond acceptors (Lipinski definition) is 19. The van der Waals surface area contributed by atoms with Gasteiger partial charge in [0.1, 0.15) is 38.2 Å². The first kappa shape index (κ1) is 74.7. The van der Waals surface area contributed by atoms with Crippen LogP contribution in [0.15, 0.2) is 113 Å². The first-order valence-electron chi connectivity index (χ1n) is 34.0. The molecule has 20 heteroatoms. The first-order chi connectivity index (χ1) is 45.3. The predicted octanol–water partition coefficient (Wildman–Crippen LogP) is 9.81. The van der Waals surface area contributed by atoms with E-state index in [2.05, 4.69) is 38.5 Å². The molecular weight excluding hydrogens is 1220 g/mol. The fourth-order valence-corrected chi connectivity index (χ4v) is 20.6. The van der Waals surface area contributed by atoms with Gasteiger partial charge < -0.3 is 68.2 Å². The van der Waals surface area contributed by atoms with Gasteiger partial charge in [0.25, 0.3) is 0 Å². The summed E-state index contributed by atoms with van der Waals surface area (Å²) in [5, 5.41) is 39.1. The van der Waals surface area contributed by atoms with Gasteiger partial charge in [-0.15, -0.1) is 0 Å². The number of fused-ring (bicyclic) bond motifs is 10. The van der Waals surface area contributed by atoms with Crippen molar-refractivity contribution in [2.24, 2.45) is 62.1 Å². The lowest BCUT2D eigenvalue weighted by Crippen LogP contribution is -2.75. The molecule has 525 valence electrons. The maximum absolute atomic E-state index is 15.0. The quantitative estimate of drug-likeness (QED) is 0.0344. The number of anilines is 1. The fraction of sp³-hybridized carbons (Fsp3) is 0.645. The minimum atomic E-state index is -1.40. The van der Waals surface area contributed by atoms with E-state index in [1.54, 1.807) is 21.5 Å². The molecule has 8 aliphatic rings. The molecule has 0 spiro atoms. The number of ether oxygens (including phenoxy) is 9. The molecule has 0 unspecified atom stereocenters. The van der Waals surface area contributed by atoms with Crippen molar-refractivity contribution in [2.45, 2.75) is 194 Å². The van der Waals surface area contributed by atoms with Gasteiger partial charge in [-0.3, -0.25) is 9.59 Å². The molecule has 2 saturated heterocycles. The van der Waals surface area contributed by atoms with Crippen LogP contribution in [-0.2, 0) is 66.6 Å². The van der Waals surface area contributed by atoms with E-state index in [1.165, 1.54) is 21.3 Å². The van der Waals surface area contributed by atoms with Crippen LogP contribution >= 0.6 is 0 Å². The fourth-order valence-electron chi connectivity index (χ4n) is 20.6. The van der Waals surface area contributed by atoms with E-state index < -0.39 is 105 Å². The summed E-state index contributed by atoms with van der Waals surface area (Å²) in [6, 6.07) is 28.3. The Morgan fingerprint density at radius 3 is 1.44 bits per heavy atom. The van der Waals surface area contributed by atoms with E-state index in [9.17, 15) is 34.6 Å². The van der Waals surface area contributed by atoms with Crippen LogP contribution in [0.1, 0.15) is 139 Å². The van der Waals surface area contributed by atoms with Crippen LogP contribution in [0, 0.1) is 62.1 Å². The van der Waals surface area contributed by atoms with E-state index in [0.717, 1.165) is 28.0 Å². The molecule has 1 radical (unpaired) electrons. The number of aliphatic hydroxyl groups is 2. The molecule has 22 atom stereocenters. The van der Waals surface area contributed by atoms with Crippen molar-refractivity contribution in [3.63, 3.8) is 0 Å². The molecular formula is C76H106BN2O17. The lowest BCUT2D eigenvalue weighted by Gasteiger charge is -2.69. The van der Waals surface area contributed by atoms with Gasteiger partial charge >= 0.3 is 11.9 Å². The number of esters is 2. The lowest BCUT2D eigenvalue weighted by molar-refractivity contribution is -0.305. The predicted molar refractivity (Wildman–Crippen MR) is 363 cm³/mol. The van der Waals surface area contributed by atoms with Crippen molar-refractivity contribution < 1.29 is 82.0 Å². The van der Waals surface area contributed by atoms with Crippen molar-refractivity contribution >= 4 is 43.3 Å². The molecule has 0 aromatic heterocycles. The second-order valence-corrected chi connectivity index (χ2v) is 30.5. The topological polar surface area (TPSA) is 253 Å². The second kappa shape index (κ2) is 28.3. The van der Waals surface area contributed by atoms with E-state index in [4.69, 9.17) is 47.4 Å². The Morgan fingerprint density at radius 1 is 0.604 bits per heavy atom. The third kappa shape index (κ3) is 11.7. The molecule has 6 aliphatic carbocycles. The summed E-state index contributed by atoms with van der Waals surface area (Å²) in [5.41, 5.74) is 0.770. The number of carbonyl (C=O) groups excluding carboxylic acids is 5. The molecule has 11 rings (SSSR count). The van der Waals surface area contributed by atoms with E-state index >= 15 is 0 Å². The largest absolute Gasteiger partial charge is 0.456 e. The monoisotopic (exact) mass is 1330 g/mol. The molecule has 3 aromatic rings. The van der Waals surface area contributed by atoms with Gasteiger partial charge in [0.2, 0.25) is 0 Å². The van der Waals surface area contributed by atoms with Gasteiger partial charge in [-0.25, -0.2) is 15.1 Å². The molecule has 19 nitrogen and oxygen atoms in total. The van der Waals surface area contributed by atoms with Crippen molar-refractivity contribution in [1.82, 2.24) is 5.48 Å². The van der Waals surface area contributed by atoms with Crippen LogP contribution in [0.5, 0.6) is 0 Å². The Kier molecular flexibility index (Phi) is 22.0. The number of ketones is 2. The van der Waals surface area contributed by atoms with Gasteiger partial charge in [-0.1, -0.05) is 141 Å². The number of carbonyl (C=O) groups is 5. The van der Waals surface area contributed by atoms with Crippen LogP contribution < -0.4 is 10.8 Å². The Labute approximate surface area is 569 Å². The number of para-hydroxylation sites is 1. The average Bonchev–Trinajstić information content (AvgIpc) is 0.681. The minimum absolute atomic E-state index is 0.0549. The Bertz CT molecular complexity index is 3350. The molecule has 0 amide bonds. The van der Waals surface area contributed by atoms with Crippen LogP contribution in [0.2, 0.25) is 0 Å². The van der Waals surface area contributed by atoms with Gasteiger partial charge in [-0.2, -0.15) is 0 Å². The number of methoxy groups -OCH3 is 5. The van der Waals surface area contributed by atoms with E-state index in [1.807, 2.05) is 160 Å². The highest BCUT2D eigenvalue weighted by molar-refractivity contribution is 6.39. The van der Waals surface area contributed by atoms with Gasteiger partial charge in [0.05, 0.1) is 65.7 Å². The van der Waals surface area contributed by atoms with E-state index in [-0.39, 0.29) is 77.7 Å². The Balaban J connectivity index is 0.000000220. The summed E-state index contributed by atoms with van der Waals surface area (Å²) in [7, 11) is 9.55. The van der Waals surface area contributed by atoms with Crippen LogP contribution in [-0.4, -0.2) is 174 Å². The highest BCUT2D eigenvalue weighted by atomic mass is 16.6. The molecule has 6 fully saturated rings. The molecule has 5 N–H and O–H groups in total. The number of Topliss-reactive ketones (excluding diaryl/α,β-unsaturated/α-hetero) is 2. The van der Waals surface area contributed by atoms with Crippen molar-refractivity contribution in [1.29, 1.82) is 0 Å². The zero-order valence-corrected chi connectivity index (χ0v) is 59.7. The highest BCUT2D eigenvalue weighted by Crippen LogP contribution is 2.70. The third-order valence-electron chi connectivity index (χ3n) is 25.6. The second-order valence-electron chi connectivity index (χ2n) is 30.5. The van der Waals surface area contributed by atoms with Crippen LogP contribution in [0.25, 0.3) is 0 Å². The summed E-state index contributed by atoms with van der Waals surface area (Å²) >= 11 is 0. The number of hydrogen-bond donors (Lipinski definition) is 5. The lowest BCUT2D eigenvalue weighted by atomic mass is 9.40. The summed E-state index contributed by atoms with van der Waals surface area (Å²) in [6.07, 6.45) is -3.85. The third-order valence-corrected chi connectivity index (χ3v) is 25.6. The first-order valence-corrected chi connectivity index (χ1v) is 34.0. The maximum Gasteiger partial charge on any atom is 0.338 e. The minimum Gasteiger partial charge on any atom is -0.456 e. The van der Waals surface area contributed by atoms with Crippen LogP contribution in [0.4, 0.5) is 5.69 Å². The SMILES string of the molecule is C=O.CO[C@H]1C(=O)[C@]2(C)[C@@H](OC)C[C@H]3OC[C@@]3(C)[C@H]2[C@H](C)[C@]2(O)C[C@H](OC(=O)[C@H](OC)[C@@H]([B]CNO)c3ccccc3)C(C)=C1C2(C)C.CO[C@H]1C[C@H]2OC[C@@]2(C)[C@H]2[C@H](C)[C@]3(O)C[C@H](OC(=O)[C@H](OC)[C@@H](Nc4ccccc4)c4ccccc4)C(C)=C([C@@H](C)C(=O)[C@]12C)C3(C)C. The zero-order valence-electron chi connectivity index (χ0n) is 59.7. The van der Waals surface area contributed by atoms with Gasteiger partial charge in [0.15, 0.2) is 18.0 Å². The van der Waals surface area contributed by atoms with Gasteiger partial charge in [-0.05, 0) is 109 Å². The molecule has 96 heavy (non-hydrogen) atoms. The standard InChI is InChI=1S/C40H53NO7.C35H51BNO9.CH2O/c1-23-28(48-36(43)33(46-9)32(26-16-12-10-13-17-26)41-27-18-14-11-15-19-27)21-40(44)25(3)34-38(6)22-47-29(38)20-30(45-8)39(34,7)35(42)24(2)31(23)37(40,4)5;1-19-22(46-31(39)28(44-9)26(36-18-37-41)21-13-11-10-12-14-21)16-35(40)20(2)29-33(5)17-45-23(33)15-24(42-7)34(29,6)30(38)27(43-8)25(19)32(35,3)4;1-2/h10-19,24-25,28-30,32-34,41,44H,20-22H2,1-9H3;10-14,20,22-24,26-29,37,40-41H,15-18H2,1-9H3;1H2/t24-,25+,28+,29-,30+,32+,33-,34-,38-,39-,40-;20-,22-,23+,24-,26-,27+,28+,29+,33+,34+,35+;/m10./s1. The Hall–Kier alpha value is -5.49. The van der Waals surface area contributed by atoms with Gasteiger partial charge in [0, 0.05) is 94.5 Å². The average molecular weight is 1330 g/mol. The molecule has 4 saturated carbocycles. The van der Waals surface area contributed by atoms with Crippen molar-refractivity contribution in [3.8, 4) is 0 Å². The molecule has 2 aliphatic heterocycles. The number of benzene rings is 3. The maximum atomic E-state index is 15.0. The molecule has 3 aromatic carbocycles. The smallest absolute Gasteiger partial charge is 0.338 e. The molecule has 2 heterocycles. The number of nitrogens with one attached hydrogen (secondary N) is 2. The normalized spacial score (nSPS) is 38.2.